The van der Waals surface area contributed by atoms with Crippen molar-refractivity contribution in [1.29, 1.82) is 0 Å². The van der Waals surface area contributed by atoms with Gasteiger partial charge in [-0.25, -0.2) is 14.3 Å². The zero-order valence-corrected chi connectivity index (χ0v) is 9.09. The fraction of sp³-hybridized carbons (Fsp3) is 0.400. The van der Waals surface area contributed by atoms with Crippen molar-refractivity contribution in [1.82, 2.24) is 0 Å². The highest BCUT2D eigenvalue weighted by atomic mass is 32.2. The molecule has 0 saturated heterocycles. The van der Waals surface area contributed by atoms with Crippen LogP contribution in [0.25, 0.3) is 0 Å². The molecule has 0 fully saturated rings. The third kappa shape index (κ3) is 2.04. The molecule has 5 heteroatoms. The van der Waals surface area contributed by atoms with E-state index in [-0.39, 0.29) is 5.75 Å². The Morgan fingerprint density at radius 2 is 2.20 bits per heavy atom. The van der Waals surface area contributed by atoms with Crippen molar-refractivity contribution in [3.63, 3.8) is 0 Å². The molecule has 1 aliphatic rings. The summed E-state index contributed by atoms with van der Waals surface area (Å²) < 4.78 is 23.1. The maximum atomic E-state index is 11.5. The van der Waals surface area contributed by atoms with E-state index in [4.69, 9.17) is 5.90 Å². The Hall–Kier alpha value is -0.910. The minimum absolute atomic E-state index is 0.235. The van der Waals surface area contributed by atoms with E-state index in [0.717, 1.165) is 11.1 Å². The molecule has 82 valence electrons. The number of fused-ring (bicyclic) bond motifs is 1. The fourth-order valence-electron chi connectivity index (χ4n) is 1.82. The molecule has 1 aliphatic heterocycles. The van der Waals surface area contributed by atoms with E-state index in [0.29, 0.717) is 24.3 Å². The van der Waals surface area contributed by atoms with Gasteiger partial charge in [0.15, 0.2) is 9.84 Å². The number of aryl methyl sites for hydroxylation is 1. The highest BCUT2D eigenvalue weighted by Crippen LogP contribution is 2.26. The average molecular weight is 227 g/mol. The molecule has 0 saturated carbocycles. The van der Waals surface area contributed by atoms with Crippen LogP contribution < -0.4 is 5.90 Å². The lowest BCUT2D eigenvalue weighted by Gasteiger charge is -2.03. The summed E-state index contributed by atoms with van der Waals surface area (Å²) >= 11 is 0. The van der Waals surface area contributed by atoms with Gasteiger partial charge in [0.1, 0.15) is 0 Å². The van der Waals surface area contributed by atoms with Gasteiger partial charge in [-0.15, -0.1) is 0 Å². The Balaban J connectivity index is 2.30. The first kappa shape index (κ1) is 10.6. The smallest absolute Gasteiger partial charge is 0.178 e. The van der Waals surface area contributed by atoms with E-state index in [9.17, 15) is 8.42 Å². The summed E-state index contributed by atoms with van der Waals surface area (Å²) in [6.45, 7) is 0.450. The van der Waals surface area contributed by atoms with Gasteiger partial charge in [0.25, 0.3) is 0 Å². The highest BCUT2D eigenvalue weighted by Gasteiger charge is 2.25. The number of nitrogens with two attached hydrogens (primary N) is 1. The van der Waals surface area contributed by atoms with E-state index in [1.54, 1.807) is 6.07 Å². The summed E-state index contributed by atoms with van der Waals surface area (Å²) in [6.07, 6.45) is 1.33. The minimum Gasteiger partial charge on any atom is -0.304 e. The Morgan fingerprint density at radius 1 is 1.40 bits per heavy atom. The van der Waals surface area contributed by atoms with E-state index in [1.807, 2.05) is 12.1 Å². The van der Waals surface area contributed by atoms with Crippen LogP contribution in [0.5, 0.6) is 0 Å². The molecule has 2 rings (SSSR count). The second-order valence-electron chi connectivity index (χ2n) is 3.63. The topological polar surface area (TPSA) is 69.4 Å². The van der Waals surface area contributed by atoms with E-state index >= 15 is 0 Å². The molecule has 4 nitrogen and oxygen atoms in total. The van der Waals surface area contributed by atoms with E-state index in [1.165, 1.54) is 0 Å². The summed E-state index contributed by atoms with van der Waals surface area (Å²) in [5.41, 5.74) is 1.99. The molecule has 1 heterocycles. The second kappa shape index (κ2) is 3.92. The normalized spacial score (nSPS) is 17.7. The van der Waals surface area contributed by atoms with Gasteiger partial charge < -0.3 is 4.84 Å². The van der Waals surface area contributed by atoms with Crippen molar-refractivity contribution in [3.8, 4) is 0 Å². The molecule has 1 aromatic carbocycles. The van der Waals surface area contributed by atoms with Crippen molar-refractivity contribution in [3.05, 3.63) is 29.3 Å². The number of rotatable bonds is 3. The Morgan fingerprint density at radius 3 is 2.93 bits per heavy atom. The molecule has 2 N–H and O–H groups in total. The quantitative estimate of drug-likeness (QED) is 0.761. The molecule has 0 radical (unpaired) electrons. The summed E-state index contributed by atoms with van der Waals surface area (Å²) in [6, 6.07) is 5.43. The predicted octanol–water partition coefficient (Wildman–Crippen LogP) is 0.449. The van der Waals surface area contributed by atoms with E-state index in [2.05, 4.69) is 4.84 Å². The Bertz CT molecular complexity index is 468. The first-order valence-electron chi connectivity index (χ1n) is 4.80. The zero-order valence-electron chi connectivity index (χ0n) is 8.27. The molecule has 1 aromatic rings. The van der Waals surface area contributed by atoms with Crippen LogP contribution in [0.3, 0.4) is 0 Å². The molecule has 0 aliphatic carbocycles. The van der Waals surface area contributed by atoms with Crippen LogP contribution in [0.1, 0.15) is 11.1 Å². The summed E-state index contributed by atoms with van der Waals surface area (Å²) in [7, 11) is -3.00. The van der Waals surface area contributed by atoms with Crippen molar-refractivity contribution in [2.45, 2.75) is 17.7 Å². The van der Waals surface area contributed by atoms with Crippen LogP contribution in [-0.2, 0) is 27.5 Å². The molecule has 0 unspecified atom stereocenters. The van der Waals surface area contributed by atoms with Crippen molar-refractivity contribution in [2.24, 2.45) is 5.90 Å². The molecule has 15 heavy (non-hydrogen) atoms. The first-order chi connectivity index (χ1) is 7.13. The van der Waals surface area contributed by atoms with Crippen LogP contribution in [-0.4, -0.2) is 20.8 Å². The number of hydrogen-bond acceptors (Lipinski definition) is 4. The molecule has 0 spiro atoms. The van der Waals surface area contributed by atoms with Gasteiger partial charge in [-0.05, 0) is 30.0 Å². The van der Waals surface area contributed by atoms with Gasteiger partial charge in [0.05, 0.1) is 17.3 Å². The van der Waals surface area contributed by atoms with Crippen LogP contribution in [0.15, 0.2) is 23.1 Å². The molecule has 0 bridgehead atoms. The van der Waals surface area contributed by atoms with Gasteiger partial charge in [-0.3, -0.25) is 0 Å². The summed E-state index contributed by atoms with van der Waals surface area (Å²) in [5.74, 6) is 5.17. The van der Waals surface area contributed by atoms with Crippen molar-refractivity contribution < 1.29 is 13.3 Å². The largest absolute Gasteiger partial charge is 0.304 e. The SMILES string of the molecule is NOCCc1ccc2c(c1)CCS2(=O)=O. The molecule has 0 aromatic heterocycles. The maximum absolute atomic E-state index is 11.5. The summed E-state index contributed by atoms with van der Waals surface area (Å²) in [5, 5.41) is 0. The summed E-state index contributed by atoms with van der Waals surface area (Å²) in [4.78, 5) is 4.97. The monoisotopic (exact) mass is 227 g/mol. The third-order valence-corrected chi connectivity index (χ3v) is 4.42. The van der Waals surface area contributed by atoms with Gasteiger partial charge >= 0.3 is 0 Å². The van der Waals surface area contributed by atoms with Gasteiger partial charge in [0, 0.05) is 0 Å². The Kier molecular flexibility index (Phi) is 2.77. The lowest BCUT2D eigenvalue weighted by molar-refractivity contribution is 0.141. The standard InChI is InChI=1S/C10H13NO3S/c11-14-5-3-8-1-2-10-9(7-8)4-6-15(10,12)13/h1-2,7H,3-6,11H2. The number of hydrogen-bond donors (Lipinski definition) is 1. The fourth-order valence-corrected chi connectivity index (χ4v) is 3.36. The third-order valence-electron chi connectivity index (χ3n) is 2.61. The van der Waals surface area contributed by atoms with Crippen molar-refractivity contribution >= 4 is 9.84 Å². The first-order valence-corrected chi connectivity index (χ1v) is 6.45. The molecular weight excluding hydrogens is 214 g/mol. The van der Waals surface area contributed by atoms with E-state index < -0.39 is 9.84 Å². The lowest BCUT2D eigenvalue weighted by Crippen LogP contribution is -2.04. The van der Waals surface area contributed by atoms with Crippen molar-refractivity contribution in [2.75, 3.05) is 12.4 Å². The minimum atomic E-state index is -3.00. The van der Waals surface area contributed by atoms with Crippen LogP contribution in [0.2, 0.25) is 0 Å². The van der Waals surface area contributed by atoms with Gasteiger partial charge in [-0.1, -0.05) is 12.1 Å². The van der Waals surface area contributed by atoms with Gasteiger partial charge in [0.2, 0.25) is 0 Å². The molecular formula is C10H13NO3S. The highest BCUT2D eigenvalue weighted by molar-refractivity contribution is 7.91. The van der Waals surface area contributed by atoms with Gasteiger partial charge in [-0.2, -0.15) is 0 Å². The van der Waals surface area contributed by atoms with Crippen LogP contribution in [0.4, 0.5) is 0 Å². The lowest BCUT2D eigenvalue weighted by atomic mass is 10.1. The van der Waals surface area contributed by atoms with Crippen LogP contribution >= 0.6 is 0 Å². The molecule has 0 amide bonds. The second-order valence-corrected chi connectivity index (χ2v) is 5.71. The zero-order chi connectivity index (χ0) is 10.9. The Labute approximate surface area is 88.9 Å². The van der Waals surface area contributed by atoms with Crippen LogP contribution in [0, 0.1) is 0 Å². The predicted molar refractivity (Wildman–Crippen MR) is 56.0 cm³/mol. The molecule has 0 atom stereocenters. The average Bonchev–Trinajstić information content (AvgIpc) is 2.52. The number of sulfone groups is 1. The maximum Gasteiger partial charge on any atom is 0.178 e. The number of benzene rings is 1.